The van der Waals surface area contributed by atoms with E-state index >= 15 is 0 Å². The van der Waals surface area contributed by atoms with E-state index in [1.807, 2.05) is 44.2 Å². The van der Waals surface area contributed by atoms with Crippen LogP contribution >= 0.6 is 0 Å². The summed E-state index contributed by atoms with van der Waals surface area (Å²) in [5, 5.41) is 2.93. The number of para-hydroxylation sites is 1. The van der Waals surface area contributed by atoms with E-state index in [0.717, 1.165) is 5.69 Å². The summed E-state index contributed by atoms with van der Waals surface area (Å²) in [7, 11) is 0. The third-order valence-electron chi connectivity index (χ3n) is 2.91. The number of pyridine rings is 1. The molecule has 0 bridgehead atoms. The van der Waals surface area contributed by atoms with Crippen molar-refractivity contribution in [3.05, 3.63) is 59.9 Å². The summed E-state index contributed by atoms with van der Waals surface area (Å²) >= 11 is 0. The maximum Gasteiger partial charge on any atom is 0.255 e. The van der Waals surface area contributed by atoms with Crippen molar-refractivity contribution < 1.29 is 9.53 Å². The Morgan fingerprint density at radius 2 is 2.00 bits per heavy atom. The van der Waals surface area contributed by atoms with Crippen molar-refractivity contribution in [1.29, 1.82) is 0 Å². The molecule has 2 aromatic rings. The second kappa shape index (κ2) is 6.70. The minimum absolute atomic E-state index is 0.154. The van der Waals surface area contributed by atoms with E-state index in [-0.39, 0.29) is 11.9 Å². The van der Waals surface area contributed by atoms with Gasteiger partial charge < -0.3 is 10.1 Å². The van der Waals surface area contributed by atoms with Crippen LogP contribution in [0.25, 0.3) is 0 Å². The zero-order chi connectivity index (χ0) is 14.4. The number of carbonyl (C=O) groups is 1. The molecule has 1 aromatic carbocycles. The average Bonchev–Trinajstić information content (AvgIpc) is 2.49. The number of hydrogen-bond acceptors (Lipinski definition) is 3. The second-order valence-electron chi connectivity index (χ2n) is 4.38. The van der Waals surface area contributed by atoms with Gasteiger partial charge in [0.15, 0.2) is 0 Å². The lowest BCUT2D eigenvalue weighted by molar-refractivity contribution is 0.0935. The van der Waals surface area contributed by atoms with Gasteiger partial charge in [-0.25, -0.2) is 0 Å². The first-order valence-electron chi connectivity index (χ1n) is 6.66. The van der Waals surface area contributed by atoms with Crippen molar-refractivity contribution in [2.24, 2.45) is 0 Å². The highest BCUT2D eigenvalue weighted by Gasteiger charge is 2.15. The summed E-state index contributed by atoms with van der Waals surface area (Å²) in [6, 6.07) is 12.7. The quantitative estimate of drug-likeness (QED) is 0.908. The van der Waals surface area contributed by atoms with Crippen molar-refractivity contribution in [1.82, 2.24) is 10.3 Å². The van der Waals surface area contributed by atoms with Crippen LogP contribution in [-0.2, 0) is 0 Å². The highest BCUT2D eigenvalue weighted by molar-refractivity contribution is 5.97. The van der Waals surface area contributed by atoms with Gasteiger partial charge in [0.2, 0.25) is 0 Å². The first-order valence-corrected chi connectivity index (χ1v) is 6.66. The molecule has 1 N–H and O–H groups in total. The van der Waals surface area contributed by atoms with E-state index < -0.39 is 0 Å². The molecule has 0 aliphatic rings. The van der Waals surface area contributed by atoms with Gasteiger partial charge in [-0.15, -0.1) is 0 Å². The number of carbonyl (C=O) groups excluding carboxylic acids is 1. The first kappa shape index (κ1) is 14.1. The molecule has 1 atom stereocenters. The van der Waals surface area contributed by atoms with Crippen molar-refractivity contribution in [2.45, 2.75) is 19.9 Å². The largest absolute Gasteiger partial charge is 0.493 e. The molecule has 104 valence electrons. The third-order valence-corrected chi connectivity index (χ3v) is 2.91. The summed E-state index contributed by atoms with van der Waals surface area (Å²) in [5.41, 5.74) is 1.37. The normalized spacial score (nSPS) is 11.7. The zero-order valence-corrected chi connectivity index (χ0v) is 11.7. The van der Waals surface area contributed by atoms with Crippen LogP contribution < -0.4 is 10.1 Å². The Labute approximate surface area is 118 Å². The van der Waals surface area contributed by atoms with Crippen LogP contribution in [0.5, 0.6) is 5.75 Å². The third kappa shape index (κ3) is 3.35. The van der Waals surface area contributed by atoms with E-state index in [2.05, 4.69) is 10.3 Å². The molecule has 0 saturated carbocycles. The number of hydrogen-bond donors (Lipinski definition) is 1. The fourth-order valence-electron chi connectivity index (χ4n) is 1.92. The topological polar surface area (TPSA) is 51.2 Å². The fraction of sp³-hybridized carbons (Fsp3) is 0.250. The number of rotatable bonds is 5. The van der Waals surface area contributed by atoms with Gasteiger partial charge in [-0.3, -0.25) is 9.78 Å². The molecule has 0 spiro atoms. The summed E-state index contributed by atoms with van der Waals surface area (Å²) in [6.07, 6.45) is 1.71. The number of ether oxygens (including phenoxy) is 1. The fourth-order valence-corrected chi connectivity index (χ4v) is 1.92. The van der Waals surface area contributed by atoms with Crippen LogP contribution in [0.15, 0.2) is 48.7 Å². The average molecular weight is 270 g/mol. The molecule has 0 radical (unpaired) electrons. The van der Waals surface area contributed by atoms with Crippen molar-refractivity contribution in [3.63, 3.8) is 0 Å². The number of amides is 1. The minimum Gasteiger partial charge on any atom is -0.493 e. The SMILES string of the molecule is CCOc1ccccc1C(=O)NC(C)c1ccccn1. The van der Waals surface area contributed by atoms with Gasteiger partial charge in [-0.1, -0.05) is 18.2 Å². The van der Waals surface area contributed by atoms with Crippen molar-refractivity contribution in [2.75, 3.05) is 6.61 Å². The minimum atomic E-state index is -0.160. The molecule has 1 amide bonds. The number of benzene rings is 1. The lowest BCUT2D eigenvalue weighted by atomic mass is 10.1. The van der Waals surface area contributed by atoms with E-state index in [9.17, 15) is 4.79 Å². The van der Waals surface area contributed by atoms with E-state index in [1.54, 1.807) is 18.3 Å². The van der Waals surface area contributed by atoms with Gasteiger partial charge in [0.1, 0.15) is 5.75 Å². The van der Waals surface area contributed by atoms with Crippen LogP contribution in [0.2, 0.25) is 0 Å². The molecule has 0 fully saturated rings. The van der Waals surface area contributed by atoms with E-state index in [1.165, 1.54) is 0 Å². The maximum absolute atomic E-state index is 12.3. The predicted octanol–water partition coefficient (Wildman–Crippen LogP) is 2.97. The van der Waals surface area contributed by atoms with Crippen LogP contribution in [0.1, 0.15) is 35.9 Å². The lowest BCUT2D eigenvalue weighted by Gasteiger charge is -2.15. The smallest absolute Gasteiger partial charge is 0.255 e. The molecular weight excluding hydrogens is 252 g/mol. The maximum atomic E-state index is 12.3. The number of nitrogens with one attached hydrogen (secondary N) is 1. The Morgan fingerprint density at radius 3 is 2.70 bits per heavy atom. The van der Waals surface area contributed by atoms with Crippen LogP contribution in [0.4, 0.5) is 0 Å². The van der Waals surface area contributed by atoms with Gasteiger partial charge in [0.25, 0.3) is 5.91 Å². The van der Waals surface area contributed by atoms with Gasteiger partial charge >= 0.3 is 0 Å². The van der Waals surface area contributed by atoms with Gasteiger partial charge in [-0.05, 0) is 38.1 Å². The number of nitrogens with zero attached hydrogens (tertiary/aromatic N) is 1. The standard InChI is InChI=1S/C16H18N2O2/c1-3-20-15-10-5-4-8-13(15)16(19)18-12(2)14-9-6-7-11-17-14/h4-12H,3H2,1-2H3,(H,18,19). The van der Waals surface area contributed by atoms with Gasteiger partial charge in [-0.2, -0.15) is 0 Å². The van der Waals surface area contributed by atoms with Crippen molar-refractivity contribution in [3.8, 4) is 5.75 Å². The summed E-state index contributed by atoms with van der Waals surface area (Å²) in [5.74, 6) is 0.438. The molecule has 1 unspecified atom stereocenters. The summed E-state index contributed by atoms with van der Waals surface area (Å²) in [4.78, 5) is 16.5. The van der Waals surface area contributed by atoms with E-state index in [0.29, 0.717) is 17.9 Å². The monoisotopic (exact) mass is 270 g/mol. The Kier molecular flexibility index (Phi) is 4.71. The van der Waals surface area contributed by atoms with Crippen LogP contribution in [-0.4, -0.2) is 17.5 Å². The molecular formula is C16H18N2O2. The molecule has 4 nitrogen and oxygen atoms in total. The van der Waals surface area contributed by atoms with Gasteiger partial charge in [0, 0.05) is 6.20 Å². The van der Waals surface area contributed by atoms with Crippen LogP contribution in [0.3, 0.4) is 0 Å². The summed E-state index contributed by atoms with van der Waals surface area (Å²) in [6.45, 7) is 4.33. The molecule has 0 aliphatic heterocycles. The number of aromatic nitrogens is 1. The molecule has 4 heteroatoms. The molecule has 1 heterocycles. The Morgan fingerprint density at radius 1 is 1.25 bits per heavy atom. The zero-order valence-electron chi connectivity index (χ0n) is 11.7. The molecule has 1 aromatic heterocycles. The van der Waals surface area contributed by atoms with Gasteiger partial charge in [0.05, 0.1) is 23.9 Å². The van der Waals surface area contributed by atoms with E-state index in [4.69, 9.17) is 4.74 Å². The Bertz CT molecular complexity index is 570. The Balaban J connectivity index is 2.12. The molecule has 20 heavy (non-hydrogen) atoms. The van der Waals surface area contributed by atoms with Crippen LogP contribution in [0, 0.1) is 0 Å². The first-order chi connectivity index (χ1) is 9.72. The molecule has 2 rings (SSSR count). The van der Waals surface area contributed by atoms with Crippen molar-refractivity contribution >= 4 is 5.91 Å². The highest BCUT2D eigenvalue weighted by Crippen LogP contribution is 2.19. The molecule has 0 saturated heterocycles. The second-order valence-corrected chi connectivity index (χ2v) is 4.38. The summed E-state index contributed by atoms with van der Waals surface area (Å²) < 4.78 is 5.47. The Hall–Kier alpha value is -2.36. The lowest BCUT2D eigenvalue weighted by Crippen LogP contribution is -2.27. The molecule has 0 aliphatic carbocycles. The highest BCUT2D eigenvalue weighted by atomic mass is 16.5. The predicted molar refractivity (Wildman–Crippen MR) is 77.7 cm³/mol.